The topological polar surface area (TPSA) is 105 Å². The summed E-state index contributed by atoms with van der Waals surface area (Å²) in [5, 5.41) is 9.74. The van der Waals surface area contributed by atoms with Gasteiger partial charge in [-0.15, -0.1) is 0 Å². The fourth-order valence-electron chi connectivity index (χ4n) is 2.84. The molecule has 1 aromatic carbocycles. The largest absolute Gasteiger partial charge is 0.365 e. The second-order valence-corrected chi connectivity index (χ2v) is 6.71. The van der Waals surface area contributed by atoms with Gasteiger partial charge >= 0.3 is 0 Å². The number of hydrogen-bond donors (Lipinski definition) is 4. The van der Waals surface area contributed by atoms with Crippen molar-refractivity contribution in [1.29, 1.82) is 0 Å². The number of nitrogens with zero attached hydrogens (tertiary/aromatic N) is 2. The number of primary amides is 1. The number of nitrogens with two attached hydrogens (primary N) is 1. The Morgan fingerprint density at radius 2 is 1.92 bits per heavy atom. The van der Waals surface area contributed by atoms with Crippen molar-refractivity contribution in [3.05, 3.63) is 41.1 Å². The molecule has 5 N–H and O–H groups in total. The highest BCUT2D eigenvalue weighted by atomic mass is 16.1. The van der Waals surface area contributed by atoms with E-state index in [4.69, 9.17) is 5.73 Å². The Balaban J connectivity index is 1.84. The predicted octanol–water partition coefficient (Wildman–Crippen LogP) is 2.10. The molecule has 1 amide bonds. The molecule has 0 spiro atoms. The van der Waals surface area contributed by atoms with Gasteiger partial charge in [-0.25, -0.2) is 4.98 Å². The van der Waals surface area contributed by atoms with Crippen molar-refractivity contribution in [2.75, 3.05) is 24.2 Å². The zero-order valence-electron chi connectivity index (χ0n) is 14.8. The van der Waals surface area contributed by atoms with Crippen molar-refractivity contribution >= 4 is 23.4 Å². The van der Waals surface area contributed by atoms with Crippen molar-refractivity contribution in [3.8, 4) is 0 Å². The number of hydrogen-bond acceptors (Lipinski definition) is 6. The molecular weight excluding hydrogens is 316 g/mol. The van der Waals surface area contributed by atoms with Crippen LogP contribution in [0.1, 0.15) is 34.3 Å². The van der Waals surface area contributed by atoms with E-state index in [9.17, 15) is 4.79 Å². The normalized spacial score (nSPS) is 14.8. The molecule has 1 aromatic heterocycles. The highest BCUT2D eigenvalue weighted by molar-refractivity contribution is 5.98. The second kappa shape index (κ2) is 6.68. The van der Waals surface area contributed by atoms with Gasteiger partial charge in [0.25, 0.3) is 5.91 Å². The Morgan fingerprint density at radius 1 is 1.24 bits per heavy atom. The third-order valence-corrected chi connectivity index (χ3v) is 4.51. The second-order valence-electron chi connectivity index (χ2n) is 6.71. The zero-order valence-corrected chi connectivity index (χ0v) is 14.8. The number of aryl methyl sites for hydroxylation is 2. The Morgan fingerprint density at radius 3 is 2.48 bits per heavy atom. The van der Waals surface area contributed by atoms with Crippen LogP contribution < -0.4 is 21.7 Å². The summed E-state index contributed by atoms with van der Waals surface area (Å²) in [5.74, 6) is 0.315. The fraction of sp³-hybridized carbons (Fsp3) is 0.389. The first-order valence-electron chi connectivity index (χ1n) is 8.36. The van der Waals surface area contributed by atoms with Crippen molar-refractivity contribution in [1.82, 2.24) is 15.3 Å². The highest BCUT2D eigenvalue weighted by Crippen LogP contribution is 2.34. The van der Waals surface area contributed by atoms with Gasteiger partial charge in [0.15, 0.2) is 0 Å². The summed E-state index contributed by atoms with van der Waals surface area (Å²) in [6.07, 6.45) is 3.72. The molecule has 0 unspecified atom stereocenters. The maximum atomic E-state index is 11.7. The molecule has 132 valence electrons. The Labute approximate surface area is 147 Å². The summed E-state index contributed by atoms with van der Waals surface area (Å²) >= 11 is 0. The van der Waals surface area contributed by atoms with E-state index in [-0.39, 0.29) is 11.1 Å². The number of rotatable bonds is 7. The summed E-state index contributed by atoms with van der Waals surface area (Å²) in [6, 6.07) is 6.07. The minimum Gasteiger partial charge on any atom is -0.365 e. The number of aromatic nitrogens is 2. The first-order chi connectivity index (χ1) is 11.9. The Hall–Kier alpha value is -2.67. The molecule has 3 rings (SSSR count). The van der Waals surface area contributed by atoms with E-state index in [0.29, 0.717) is 11.8 Å². The summed E-state index contributed by atoms with van der Waals surface area (Å²) in [6.45, 7) is 4.78. The summed E-state index contributed by atoms with van der Waals surface area (Å²) < 4.78 is 0. The Kier molecular flexibility index (Phi) is 4.59. The average molecular weight is 340 g/mol. The molecule has 0 bridgehead atoms. The molecular formula is C18H24N6O. The van der Waals surface area contributed by atoms with Gasteiger partial charge in [-0.05, 0) is 57.0 Å². The van der Waals surface area contributed by atoms with Crippen LogP contribution in [-0.2, 0) is 0 Å². The predicted molar refractivity (Wildman–Crippen MR) is 99.3 cm³/mol. The van der Waals surface area contributed by atoms with Crippen LogP contribution >= 0.6 is 0 Å². The first kappa shape index (κ1) is 17.2. The lowest BCUT2D eigenvalue weighted by Gasteiger charge is -2.16. The van der Waals surface area contributed by atoms with Crippen molar-refractivity contribution < 1.29 is 4.79 Å². The van der Waals surface area contributed by atoms with Gasteiger partial charge in [-0.1, -0.05) is 6.07 Å². The maximum Gasteiger partial charge on any atom is 0.254 e. The lowest BCUT2D eigenvalue weighted by molar-refractivity contribution is 0.100. The third kappa shape index (κ3) is 4.06. The van der Waals surface area contributed by atoms with Crippen LogP contribution in [0.25, 0.3) is 0 Å². The SMILES string of the molecule is CNC1(CNc2ncc(C(N)=O)c(Nc3cc(C)cc(C)c3)n2)CC1. The number of likely N-dealkylation sites (N-methyl/N-ethyl adjacent to an activating group) is 1. The Bertz CT molecular complexity index is 780. The number of nitrogens with one attached hydrogen (secondary N) is 3. The maximum absolute atomic E-state index is 11.7. The van der Waals surface area contributed by atoms with Crippen molar-refractivity contribution in [2.24, 2.45) is 5.73 Å². The van der Waals surface area contributed by atoms with E-state index in [1.165, 1.54) is 6.20 Å². The molecule has 7 heteroatoms. The molecule has 0 atom stereocenters. The van der Waals surface area contributed by atoms with E-state index in [1.54, 1.807) is 0 Å². The molecule has 1 aliphatic carbocycles. The van der Waals surface area contributed by atoms with E-state index in [2.05, 4.69) is 32.0 Å². The molecule has 1 fully saturated rings. The molecule has 0 saturated heterocycles. The quantitative estimate of drug-likeness (QED) is 0.615. The van der Waals surface area contributed by atoms with Gasteiger partial charge < -0.3 is 21.7 Å². The molecule has 25 heavy (non-hydrogen) atoms. The fourth-order valence-corrected chi connectivity index (χ4v) is 2.84. The third-order valence-electron chi connectivity index (χ3n) is 4.51. The van der Waals surface area contributed by atoms with Gasteiger partial charge in [0.2, 0.25) is 5.95 Å². The van der Waals surface area contributed by atoms with Crippen LogP contribution in [0.5, 0.6) is 0 Å². The lowest BCUT2D eigenvalue weighted by Crippen LogP contribution is -2.35. The molecule has 7 nitrogen and oxygen atoms in total. The monoisotopic (exact) mass is 340 g/mol. The van der Waals surface area contributed by atoms with E-state index < -0.39 is 5.91 Å². The van der Waals surface area contributed by atoms with Gasteiger partial charge in [0.05, 0.1) is 0 Å². The van der Waals surface area contributed by atoms with Crippen LogP contribution in [0.15, 0.2) is 24.4 Å². The minimum atomic E-state index is -0.563. The molecule has 0 aliphatic heterocycles. The van der Waals surface area contributed by atoms with E-state index >= 15 is 0 Å². The lowest BCUT2D eigenvalue weighted by atomic mass is 10.1. The standard InChI is InChI=1S/C18H24N6O/c1-11-6-12(2)8-13(7-11)23-16-14(15(19)25)9-21-17(24-16)22-10-18(20-3)4-5-18/h6-9,20H,4-5,10H2,1-3H3,(H2,19,25)(H2,21,22,23,24). The van der Waals surface area contributed by atoms with Crippen LogP contribution in [0, 0.1) is 13.8 Å². The van der Waals surface area contributed by atoms with Crippen LogP contribution in [0.2, 0.25) is 0 Å². The summed E-state index contributed by atoms with van der Waals surface area (Å²) in [4.78, 5) is 20.4. The van der Waals surface area contributed by atoms with Crippen LogP contribution in [0.3, 0.4) is 0 Å². The molecule has 1 aliphatic rings. The number of carbonyl (C=O) groups is 1. The number of anilines is 3. The van der Waals surface area contributed by atoms with Gasteiger partial charge in [-0.3, -0.25) is 4.79 Å². The van der Waals surface area contributed by atoms with Gasteiger partial charge in [-0.2, -0.15) is 4.98 Å². The van der Waals surface area contributed by atoms with Crippen molar-refractivity contribution in [2.45, 2.75) is 32.2 Å². The van der Waals surface area contributed by atoms with Crippen LogP contribution in [0.4, 0.5) is 17.5 Å². The number of benzene rings is 1. The zero-order chi connectivity index (χ0) is 18.0. The first-order valence-corrected chi connectivity index (χ1v) is 8.36. The van der Waals surface area contributed by atoms with Crippen LogP contribution in [-0.4, -0.2) is 35.0 Å². The molecule has 1 heterocycles. The summed E-state index contributed by atoms with van der Waals surface area (Å²) in [7, 11) is 1.96. The van der Waals surface area contributed by atoms with Gasteiger partial charge in [0.1, 0.15) is 11.4 Å². The molecule has 0 radical (unpaired) electrons. The molecule has 1 saturated carbocycles. The van der Waals surface area contributed by atoms with E-state index in [1.807, 2.05) is 33.0 Å². The van der Waals surface area contributed by atoms with Crippen molar-refractivity contribution in [3.63, 3.8) is 0 Å². The van der Waals surface area contributed by atoms with Gasteiger partial charge in [0, 0.05) is 24.0 Å². The summed E-state index contributed by atoms with van der Waals surface area (Å²) in [5.41, 5.74) is 8.97. The highest BCUT2D eigenvalue weighted by Gasteiger charge is 2.40. The minimum absolute atomic E-state index is 0.132. The smallest absolute Gasteiger partial charge is 0.254 e. The van der Waals surface area contributed by atoms with E-state index in [0.717, 1.165) is 36.2 Å². The molecule has 2 aromatic rings. The number of carbonyl (C=O) groups excluding carboxylic acids is 1. The number of amides is 1. The average Bonchev–Trinajstić information content (AvgIpc) is 3.32.